The van der Waals surface area contributed by atoms with Crippen molar-refractivity contribution >= 4 is 39.5 Å². The number of allylic oxidation sites excluding steroid dienone is 16. The highest BCUT2D eigenvalue weighted by Gasteiger charge is 2.30. The molecule has 0 aliphatic heterocycles. The molecular weight excluding hydrogens is 1330 g/mol. The first-order valence-corrected chi connectivity index (χ1v) is 43.5. The number of carbonyl (C=O) groups excluding carboxylic acids is 4. The summed E-state index contributed by atoms with van der Waals surface area (Å²) in [4.78, 5) is 73.0. The number of esters is 4. The number of hydrogen-bond donors (Lipinski definition) is 3. The van der Waals surface area contributed by atoms with Crippen LogP contribution in [0.5, 0.6) is 0 Å². The third kappa shape index (κ3) is 74.3. The number of ether oxygens (including phenoxy) is 4. The number of phosphoric acid groups is 2. The minimum absolute atomic E-state index is 0.0723. The topological polar surface area (TPSA) is 237 Å². The number of phosphoric ester groups is 2. The highest BCUT2D eigenvalue weighted by Crippen LogP contribution is 2.45. The van der Waals surface area contributed by atoms with E-state index in [9.17, 15) is 43.2 Å². The predicted molar refractivity (Wildman–Crippen MR) is 418 cm³/mol. The SMILES string of the molecule is CC/C=C\C/C=C\C/C=C\CCCCCCCC(=O)OC(COC(=O)CCCCCCCC/C=C\C/C=C\C/C=C\CCCCC)COP(=O)(O)OCC(O)COP(=O)(O)OCC(COC(=O)CCCCCCCCCCCCCCCCC)OC(=O)CCCCCCC/C=C\C/C=C\CCC. The van der Waals surface area contributed by atoms with E-state index in [2.05, 4.69) is 125 Å². The average molecular weight is 1480 g/mol. The van der Waals surface area contributed by atoms with Gasteiger partial charge in [0.05, 0.1) is 26.4 Å². The van der Waals surface area contributed by atoms with Crippen molar-refractivity contribution in [3.05, 3.63) is 97.2 Å². The molecule has 17 nitrogen and oxygen atoms in total. The third-order valence-corrected chi connectivity index (χ3v) is 18.9. The van der Waals surface area contributed by atoms with Gasteiger partial charge in [0.2, 0.25) is 0 Å². The van der Waals surface area contributed by atoms with Crippen LogP contribution in [-0.4, -0.2) is 96.7 Å². The Balaban J connectivity index is 5.35. The molecule has 0 bridgehead atoms. The maximum Gasteiger partial charge on any atom is 0.472 e. The number of aliphatic hydroxyl groups excluding tert-OH is 1. The summed E-state index contributed by atoms with van der Waals surface area (Å²) in [6.45, 7) is 4.67. The summed E-state index contributed by atoms with van der Waals surface area (Å²) < 4.78 is 68.6. The Labute approximate surface area is 620 Å². The zero-order chi connectivity index (χ0) is 74.6. The van der Waals surface area contributed by atoms with Gasteiger partial charge in [-0.15, -0.1) is 0 Å². The van der Waals surface area contributed by atoms with Crippen molar-refractivity contribution in [1.29, 1.82) is 0 Å². The summed E-state index contributed by atoms with van der Waals surface area (Å²) >= 11 is 0. The molecule has 19 heteroatoms. The van der Waals surface area contributed by atoms with Crippen LogP contribution in [0.3, 0.4) is 0 Å². The molecule has 0 aliphatic carbocycles. The molecule has 0 heterocycles. The summed E-state index contributed by atoms with van der Waals surface area (Å²) in [6.07, 6.45) is 79.5. The molecule has 0 saturated carbocycles. The maximum atomic E-state index is 13.1. The summed E-state index contributed by atoms with van der Waals surface area (Å²) in [6, 6.07) is 0. The fourth-order valence-electron chi connectivity index (χ4n) is 10.9. The second-order valence-electron chi connectivity index (χ2n) is 27.0. The molecule has 0 spiro atoms. The Hall–Kier alpha value is -4.02. The van der Waals surface area contributed by atoms with E-state index in [-0.39, 0.29) is 25.7 Å². The van der Waals surface area contributed by atoms with Crippen molar-refractivity contribution in [3.63, 3.8) is 0 Å². The van der Waals surface area contributed by atoms with E-state index in [1.165, 1.54) is 89.9 Å². The molecule has 0 aromatic rings. The third-order valence-electron chi connectivity index (χ3n) is 17.0. The first-order chi connectivity index (χ1) is 49.7. The number of unbranched alkanes of at least 4 members (excludes halogenated alkanes) is 34. The van der Waals surface area contributed by atoms with Crippen molar-refractivity contribution in [2.24, 2.45) is 0 Å². The van der Waals surface area contributed by atoms with Crippen molar-refractivity contribution in [3.8, 4) is 0 Å². The van der Waals surface area contributed by atoms with Crippen molar-refractivity contribution in [1.82, 2.24) is 0 Å². The summed E-state index contributed by atoms with van der Waals surface area (Å²) in [7, 11) is -9.96. The van der Waals surface area contributed by atoms with Gasteiger partial charge in [-0.2, -0.15) is 0 Å². The quantitative estimate of drug-likeness (QED) is 0.0169. The Bertz CT molecular complexity index is 2310. The minimum atomic E-state index is -4.98. The Morgan fingerprint density at radius 3 is 0.843 bits per heavy atom. The highest BCUT2D eigenvalue weighted by atomic mass is 31.2. The summed E-state index contributed by atoms with van der Waals surface area (Å²) in [5.41, 5.74) is 0. The van der Waals surface area contributed by atoms with E-state index in [0.29, 0.717) is 25.7 Å². The average Bonchev–Trinajstić information content (AvgIpc) is 0.907. The maximum absolute atomic E-state index is 13.1. The smallest absolute Gasteiger partial charge is 0.462 e. The van der Waals surface area contributed by atoms with Gasteiger partial charge in [0.25, 0.3) is 0 Å². The van der Waals surface area contributed by atoms with Gasteiger partial charge in [-0.1, -0.05) is 298 Å². The number of aliphatic hydroxyl groups is 1. The van der Waals surface area contributed by atoms with Crippen LogP contribution in [0.4, 0.5) is 0 Å². The van der Waals surface area contributed by atoms with E-state index < -0.39 is 97.5 Å². The van der Waals surface area contributed by atoms with Gasteiger partial charge in [0, 0.05) is 25.7 Å². The van der Waals surface area contributed by atoms with Crippen LogP contribution < -0.4 is 0 Å². The standard InChI is InChI=1S/C83H146O17P2/c1-5-9-13-17-21-25-29-33-36-37-38-39-42-45-48-52-56-60-64-68-81(86)94-74-79(100-83(88)70-66-62-58-54-50-46-41-35-31-27-23-19-15-11-7-3)76-98-102(91,92)96-72-77(84)71-95-101(89,90)97-75-78(99-82(87)69-65-61-57-53-49-43-32-28-24-20-16-12-8-4)73-93-80(85)67-63-59-55-51-47-44-40-34-30-26-22-18-14-10-6-2/h11,15-16,20-21,23,25,27-28,32-33,35-36,38-39,41,77-79,84H,5-10,12-14,17-19,22,24,26,29-31,34,37,40,42-76H2,1-4H3,(H,89,90)(H,91,92)/b15-11-,20-16-,25-21-,27-23-,32-28-,36-33-,39-38-,41-35-. The van der Waals surface area contributed by atoms with Gasteiger partial charge >= 0.3 is 39.5 Å². The van der Waals surface area contributed by atoms with Gasteiger partial charge in [-0.3, -0.25) is 37.3 Å². The van der Waals surface area contributed by atoms with Crippen LogP contribution in [0, 0.1) is 0 Å². The van der Waals surface area contributed by atoms with Crippen LogP contribution in [0.2, 0.25) is 0 Å². The summed E-state index contributed by atoms with van der Waals surface area (Å²) in [5, 5.41) is 10.6. The fraction of sp³-hybridized carbons (Fsp3) is 0.759. The molecule has 0 aromatic carbocycles. The molecule has 5 atom stereocenters. The second kappa shape index (κ2) is 75.2. The van der Waals surface area contributed by atoms with Gasteiger partial charge in [0.15, 0.2) is 12.2 Å². The van der Waals surface area contributed by atoms with Crippen LogP contribution in [0.15, 0.2) is 97.2 Å². The van der Waals surface area contributed by atoms with Gasteiger partial charge in [-0.05, 0) is 122 Å². The molecule has 0 aliphatic rings. The van der Waals surface area contributed by atoms with E-state index >= 15 is 0 Å². The van der Waals surface area contributed by atoms with E-state index in [1.807, 2.05) is 0 Å². The number of carbonyl (C=O) groups is 4. The largest absolute Gasteiger partial charge is 0.472 e. The van der Waals surface area contributed by atoms with Crippen molar-refractivity contribution in [2.75, 3.05) is 39.6 Å². The van der Waals surface area contributed by atoms with Crippen LogP contribution >= 0.6 is 15.6 Å². The zero-order valence-corrected chi connectivity index (χ0v) is 66.3. The molecule has 3 N–H and O–H groups in total. The molecular formula is C83H146O17P2. The lowest BCUT2D eigenvalue weighted by Gasteiger charge is -2.21. The first-order valence-electron chi connectivity index (χ1n) is 40.5. The molecule has 5 unspecified atom stereocenters. The van der Waals surface area contributed by atoms with Crippen LogP contribution in [-0.2, 0) is 65.4 Å². The lowest BCUT2D eigenvalue weighted by atomic mass is 10.0. The molecule has 0 saturated heterocycles. The zero-order valence-electron chi connectivity index (χ0n) is 64.5. The molecule has 0 amide bonds. The molecule has 590 valence electrons. The van der Waals surface area contributed by atoms with Crippen LogP contribution in [0.25, 0.3) is 0 Å². The first kappa shape index (κ1) is 98.0. The van der Waals surface area contributed by atoms with Crippen molar-refractivity contribution < 1.29 is 80.2 Å². The molecule has 0 radical (unpaired) electrons. The highest BCUT2D eigenvalue weighted by molar-refractivity contribution is 7.47. The fourth-order valence-corrected chi connectivity index (χ4v) is 12.4. The normalized spacial score (nSPS) is 14.4. The monoisotopic (exact) mass is 1480 g/mol. The van der Waals surface area contributed by atoms with Gasteiger partial charge in [-0.25, -0.2) is 9.13 Å². The van der Waals surface area contributed by atoms with E-state index in [4.69, 9.17) is 37.0 Å². The van der Waals surface area contributed by atoms with Crippen molar-refractivity contribution in [2.45, 2.75) is 367 Å². The Morgan fingerprint density at radius 1 is 0.284 bits per heavy atom. The second-order valence-corrected chi connectivity index (χ2v) is 29.9. The van der Waals surface area contributed by atoms with Gasteiger partial charge in [0.1, 0.15) is 19.3 Å². The predicted octanol–water partition coefficient (Wildman–Crippen LogP) is 23.6. The molecule has 0 rings (SSSR count). The van der Waals surface area contributed by atoms with Gasteiger partial charge < -0.3 is 33.8 Å². The lowest BCUT2D eigenvalue weighted by Crippen LogP contribution is -2.30. The number of rotatable bonds is 76. The molecule has 0 fully saturated rings. The van der Waals surface area contributed by atoms with E-state index in [0.717, 1.165) is 180 Å². The van der Waals surface area contributed by atoms with Crippen LogP contribution in [0.1, 0.15) is 349 Å². The lowest BCUT2D eigenvalue weighted by molar-refractivity contribution is -0.161. The summed E-state index contributed by atoms with van der Waals surface area (Å²) in [5.74, 6) is -2.20. The number of hydrogen-bond acceptors (Lipinski definition) is 15. The minimum Gasteiger partial charge on any atom is -0.462 e. The molecule has 0 aromatic heterocycles. The molecule has 102 heavy (non-hydrogen) atoms. The van der Waals surface area contributed by atoms with E-state index in [1.54, 1.807) is 0 Å². The Morgan fingerprint density at radius 2 is 0.529 bits per heavy atom. The Kier molecular flexibility index (Phi) is 72.3.